The molecule has 0 bridgehead atoms. The largest absolute Gasteiger partial charge is 0.393 e. The molecular formula is C12H13N3O2S. The zero-order chi connectivity index (χ0) is 13.0. The van der Waals surface area contributed by atoms with Crippen molar-refractivity contribution in [1.29, 1.82) is 0 Å². The Balaban J connectivity index is 2.05. The summed E-state index contributed by atoms with van der Waals surface area (Å²) in [6.45, 7) is 0.640. The number of hydrogen-bond donors (Lipinski definition) is 2. The van der Waals surface area contributed by atoms with Crippen molar-refractivity contribution in [3.05, 3.63) is 50.7 Å². The molecule has 0 saturated heterocycles. The van der Waals surface area contributed by atoms with Crippen molar-refractivity contribution in [3.8, 4) is 0 Å². The Morgan fingerprint density at radius 2 is 2.22 bits per heavy atom. The first kappa shape index (κ1) is 12.4. The van der Waals surface area contributed by atoms with E-state index in [-0.39, 0.29) is 11.4 Å². The maximum absolute atomic E-state index is 10.9. The van der Waals surface area contributed by atoms with E-state index in [1.165, 1.54) is 11.6 Å². The van der Waals surface area contributed by atoms with Gasteiger partial charge in [-0.1, -0.05) is 6.07 Å². The van der Waals surface area contributed by atoms with Crippen LogP contribution in [0.2, 0.25) is 0 Å². The second kappa shape index (κ2) is 5.50. The third kappa shape index (κ3) is 2.78. The lowest BCUT2D eigenvalue weighted by Gasteiger charge is -2.07. The Morgan fingerprint density at radius 1 is 1.39 bits per heavy atom. The van der Waals surface area contributed by atoms with Gasteiger partial charge in [-0.15, -0.1) is 0 Å². The van der Waals surface area contributed by atoms with Gasteiger partial charge >= 0.3 is 5.69 Å². The molecule has 1 aromatic carbocycles. The Kier molecular flexibility index (Phi) is 3.78. The molecule has 0 unspecified atom stereocenters. The van der Waals surface area contributed by atoms with Crippen LogP contribution in [0.4, 0.5) is 17.1 Å². The minimum Gasteiger partial charge on any atom is -0.393 e. The molecule has 1 aromatic heterocycles. The number of nitro groups is 1. The first-order valence-corrected chi connectivity index (χ1v) is 6.40. The number of anilines is 2. The van der Waals surface area contributed by atoms with Crippen molar-refractivity contribution in [2.24, 2.45) is 0 Å². The van der Waals surface area contributed by atoms with Crippen LogP contribution in [0.3, 0.4) is 0 Å². The van der Waals surface area contributed by atoms with Crippen LogP contribution in [0.15, 0.2) is 35.0 Å². The van der Waals surface area contributed by atoms with Crippen LogP contribution in [0.5, 0.6) is 0 Å². The van der Waals surface area contributed by atoms with E-state index in [4.69, 9.17) is 5.73 Å². The highest BCUT2D eigenvalue weighted by Crippen LogP contribution is 2.30. The molecule has 0 radical (unpaired) electrons. The minimum atomic E-state index is -0.456. The Hall–Kier alpha value is -2.08. The normalized spacial score (nSPS) is 10.2. The number of rotatable bonds is 5. The van der Waals surface area contributed by atoms with Gasteiger partial charge in [0.15, 0.2) is 0 Å². The molecule has 3 N–H and O–H groups in total. The number of nitrogens with two attached hydrogens (primary N) is 1. The Labute approximate surface area is 108 Å². The summed E-state index contributed by atoms with van der Waals surface area (Å²) < 4.78 is 0. The first-order chi connectivity index (χ1) is 8.68. The van der Waals surface area contributed by atoms with Gasteiger partial charge in [0.2, 0.25) is 0 Å². The number of para-hydroxylation sites is 1. The smallest absolute Gasteiger partial charge is 0.314 e. The third-order valence-electron chi connectivity index (χ3n) is 2.56. The lowest BCUT2D eigenvalue weighted by atomic mass is 10.2. The van der Waals surface area contributed by atoms with Gasteiger partial charge in [-0.2, -0.15) is 11.3 Å². The van der Waals surface area contributed by atoms with Crippen LogP contribution >= 0.6 is 11.3 Å². The van der Waals surface area contributed by atoms with Crippen molar-refractivity contribution >= 4 is 28.4 Å². The Morgan fingerprint density at radius 3 is 2.89 bits per heavy atom. The summed E-state index contributed by atoms with van der Waals surface area (Å²) in [5.41, 5.74) is 7.43. The van der Waals surface area contributed by atoms with Crippen molar-refractivity contribution in [2.75, 3.05) is 17.6 Å². The fourth-order valence-corrected chi connectivity index (χ4v) is 2.39. The second-order valence-corrected chi connectivity index (χ2v) is 4.59. The summed E-state index contributed by atoms with van der Waals surface area (Å²) in [5.74, 6) is 0. The van der Waals surface area contributed by atoms with Crippen LogP contribution < -0.4 is 11.1 Å². The van der Waals surface area contributed by atoms with Gasteiger partial charge < -0.3 is 11.1 Å². The van der Waals surface area contributed by atoms with Crippen molar-refractivity contribution in [3.63, 3.8) is 0 Å². The summed E-state index contributed by atoms with van der Waals surface area (Å²) >= 11 is 1.64. The van der Waals surface area contributed by atoms with E-state index in [1.807, 2.05) is 11.4 Å². The molecule has 0 aliphatic heterocycles. The van der Waals surface area contributed by atoms with E-state index in [9.17, 15) is 10.1 Å². The number of nitrogen functional groups attached to an aromatic ring is 1. The molecule has 2 aromatic rings. The first-order valence-electron chi connectivity index (χ1n) is 5.46. The number of nitro benzene ring substituents is 1. The van der Waals surface area contributed by atoms with Crippen molar-refractivity contribution < 1.29 is 4.92 Å². The zero-order valence-corrected chi connectivity index (χ0v) is 10.4. The fraction of sp³-hybridized carbons (Fsp3) is 0.167. The highest BCUT2D eigenvalue weighted by Gasteiger charge is 2.16. The third-order valence-corrected chi connectivity index (χ3v) is 3.29. The number of benzene rings is 1. The molecule has 94 valence electrons. The van der Waals surface area contributed by atoms with Crippen LogP contribution in [0, 0.1) is 10.1 Å². The monoisotopic (exact) mass is 263 g/mol. The predicted octanol–water partition coefficient (Wildman–Crippen LogP) is 2.89. The molecule has 0 aliphatic carbocycles. The maximum Gasteiger partial charge on any atom is 0.314 e. The van der Waals surface area contributed by atoms with E-state index >= 15 is 0 Å². The average Bonchev–Trinajstić information content (AvgIpc) is 2.81. The Bertz CT molecular complexity index is 540. The van der Waals surface area contributed by atoms with Gasteiger partial charge in [-0.05, 0) is 40.9 Å². The van der Waals surface area contributed by atoms with Crippen LogP contribution in [-0.2, 0) is 6.42 Å². The van der Waals surface area contributed by atoms with E-state index in [1.54, 1.807) is 23.5 Å². The van der Waals surface area contributed by atoms with E-state index in [2.05, 4.69) is 10.7 Å². The molecule has 0 saturated carbocycles. The van der Waals surface area contributed by atoms with Gasteiger partial charge in [0, 0.05) is 6.54 Å². The van der Waals surface area contributed by atoms with Gasteiger partial charge in [-0.3, -0.25) is 10.1 Å². The lowest BCUT2D eigenvalue weighted by molar-refractivity contribution is -0.383. The zero-order valence-electron chi connectivity index (χ0n) is 9.63. The molecule has 0 fully saturated rings. The molecule has 2 rings (SSSR count). The van der Waals surface area contributed by atoms with Crippen molar-refractivity contribution in [1.82, 2.24) is 0 Å². The fourth-order valence-electron chi connectivity index (χ4n) is 1.68. The molecule has 18 heavy (non-hydrogen) atoms. The average molecular weight is 263 g/mol. The SMILES string of the molecule is Nc1cccc(NCCc2ccsc2)c1[N+](=O)[O-]. The minimum absolute atomic E-state index is 0.0529. The molecule has 6 heteroatoms. The maximum atomic E-state index is 10.9. The molecule has 0 aliphatic rings. The van der Waals surface area contributed by atoms with E-state index in [0.29, 0.717) is 12.2 Å². The number of thiophene rings is 1. The summed E-state index contributed by atoms with van der Waals surface area (Å²) in [6, 6.07) is 6.94. The van der Waals surface area contributed by atoms with Gasteiger partial charge in [0.05, 0.1) is 4.92 Å². The van der Waals surface area contributed by atoms with Crippen LogP contribution in [-0.4, -0.2) is 11.5 Å². The molecular weight excluding hydrogens is 250 g/mol. The molecule has 0 amide bonds. The molecule has 1 heterocycles. The number of hydrogen-bond acceptors (Lipinski definition) is 5. The highest BCUT2D eigenvalue weighted by atomic mass is 32.1. The number of nitrogens with one attached hydrogen (secondary N) is 1. The number of nitrogens with zero attached hydrogens (tertiary/aromatic N) is 1. The second-order valence-electron chi connectivity index (χ2n) is 3.81. The predicted molar refractivity (Wildman–Crippen MR) is 74.0 cm³/mol. The standard InChI is InChI=1S/C12H13N3O2S/c13-10-2-1-3-11(12(10)15(16)17)14-6-4-9-5-7-18-8-9/h1-3,5,7-8,14H,4,6,13H2. The van der Waals surface area contributed by atoms with E-state index < -0.39 is 4.92 Å². The van der Waals surface area contributed by atoms with Crippen LogP contribution in [0.1, 0.15) is 5.56 Å². The van der Waals surface area contributed by atoms with Crippen LogP contribution in [0.25, 0.3) is 0 Å². The van der Waals surface area contributed by atoms with Gasteiger partial charge in [0.1, 0.15) is 11.4 Å². The summed E-state index contributed by atoms with van der Waals surface area (Å²) in [7, 11) is 0. The summed E-state index contributed by atoms with van der Waals surface area (Å²) in [6.07, 6.45) is 0.829. The van der Waals surface area contributed by atoms with E-state index in [0.717, 1.165) is 6.42 Å². The summed E-state index contributed by atoms with van der Waals surface area (Å²) in [4.78, 5) is 10.5. The molecule has 0 atom stereocenters. The molecule has 0 spiro atoms. The highest BCUT2D eigenvalue weighted by molar-refractivity contribution is 7.07. The topological polar surface area (TPSA) is 81.2 Å². The molecule has 5 nitrogen and oxygen atoms in total. The van der Waals surface area contributed by atoms with Crippen molar-refractivity contribution in [2.45, 2.75) is 6.42 Å². The quantitative estimate of drug-likeness (QED) is 0.493. The van der Waals surface area contributed by atoms with Gasteiger partial charge in [0.25, 0.3) is 0 Å². The summed E-state index contributed by atoms with van der Waals surface area (Å²) in [5, 5.41) is 18.1. The van der Waals surface area contributed by atoms with Gasteiger partial charge in [-0.25, -0.2) is 0 Å². The lowest BCUT2D eigenvalue weighted by Crippen LogP contribution is -2.07.